The zero-order valence-corrected chi connectivity index (χ0v) is 14.8. The van der Waals surface area contributed by atoms with Gasteiger partial charge in [-0.05, 0) is 50.5 Å². The van der Waals surface area contributed by atoms with Crippen LogP contribution in [0.25, 0.3) is 11.0 Å². The molecule has 2 aromatic carbocycles. The van der Waals surface area contributed by atoms with E-state index < -0.39 is 6.10 Å². The van der Waals surface area contributed by atoms with Crippen molar-refractivity contribution in [3.8, 4) is 5.75 Å². The highest BCUT2D eigenvalue weighted by molar-refractivity contribution is 5.76. The van der Waals surface area contributed by atoms with Gasteiger partial charge in [-0.25, -0.2) is 4.98 Å². The molecule has 1 heterocycles. The van der Waals surface area contributed by atoms with E-state index in [1.807, 2.05) is 37.3 Å². The van der Waals surface area contributed by atoms with Gasteiger partial charge in [-0.1, -0.05) is 29.8 Å². The quantitative estimate of drug-likeness (QED) is 0.741. The minimum Gasteiger partial charge on any atom is -0.491 e. The molecule has 4 rings (SSSR count). The fourth-order valence-electron chi connectivity index (χ4n) is 3.35. The molecule has 4 heteroatoms. The summed E-state index contributed by atoms with van der Waals surface area (Å²) in [4.78, 5) is 4.78. The predicted molar refractivity (Wildman–Crippen MR) is 99.1 cm³/mol. The zero-order valence-electron chi connectivity index (χ0n) is 14.8. The van der Waals surface area contributed by atoms with E-state index in [-0.39, 0.29) is 6.61 Å². The number of ether oxygens (including phenoxy) is 1. The van der Waals surface area contributed by atoms with Crippen molar-refractivity contribution in [1.29, 1.82) is 0 Å². The van der Waals surface area contributed by atoms with E-state index in [1.165, 1.54) is 18.4 Å². The summed E-state index contributed by atoms with van der Waals surface area (Å²) in [6, 6.07) is 14.2. The van der Waals surface area contributed by atoms with Gasteiger partial charge in [0.25, 0.3) is 0 Å². The maximum Gasteiger partial charge on any atom is 0.122 e. The lowest BCUT2D eigenvalue weighted by molar-refractivity contribution is 0.0924. The molecule has 0 amide bonds. The number of hydrogen-bond donors (Lipinski definition) is 1. The van der Waals surface area contributed by atoms with Crippen molar-refractivity contribution in [2.45, 2.75) is 45.3 Å². The van der Waals surface area contributed by atoms with Gasteiger partial charge in [0.1, 0.15) is 24.3 Å². The van der Waals surface area contributed by atoms with Gasteiger partial charge >= 0.3 is 0 Å². The van der Waals surface area contributed by atoms with Crippen molar-refractivity contribution in [2.75, 3.05) is 6.61 Å². The Morgan fingerprint density at radius 1 is 1.20 bits per heavy atom. The first-order valence-corrected chi connectivity index (χ1v) is 8.95. The second-order valence-electron chi connectivity index (χ2n) is 7.08. The van der Waals surface area contributed by atoms with Crippen LogP contribution in [0.4, 0.5) is 0 Å². The van der Waals surface area contributed by atoms with E-state index in [1.54, 1.807) is 0 Å². The van der Waals surface area contributed by atoms with Crippen molar-refractivity contribution >= 4 is 11.0 Å². The van der Waals surface area contributed by atoms with Crippen LogP contribution in [0.3, 0.4) is 0 Å². The van der Waals surface area contributed by atoms with Gasteiger partial charge in [0.2, 0.25) is 0 Å². The summed E-state index contributed by atoms with van der Waals surface area (Å²) in [5.74, 6) is 2.48. The average molecular weight is 336 g/mol. The highest BCUT2D eigenvalue weighted by Gasteiger charge is 2.30. The number of para-hydroxylation sites is 2. The van der Waals surface area contributed by atoms with Crippen LogP contribution in [-0.2, 0) is 6.54 Å². The molecule has 1 aliphatic rings. The number of aromatic nitrogens is 2. The topological polar surface area (TPSA) is 47.3 Å². The molecule has 1 fully saturated rings. The van der Waals surface area contributed by atoms with Gasteiger partial charge in [0, 0.05) is 5.92 Å². The summed E-state index contributed by atoms with van der Waals surface area (Å²) in [7, 11) is 0. The molecular formula is C21H24N2O2. The van der Waals surface area contributed by atoms with Crippen molar-refractivity contribution in [3.05, 3.63) is 59.4 Å². The number of imidazole rings is 1. The van der Waals surface area contributed by atoms with Crippen molar-refractivity contribution in [1.82, 2.24) is 9.55 Å². The van der Waals surface area contributed by atoms with Gasteiger partial charge in [-0.15, -0.1) is 0 Å². The number of fused-ring (bicyclic) bond motifs is 1. The van der Waals surface area contributed by atoms with Crippen LogP contribution in [0.1, 0.15) is 35.7 Å². The molecule has 25 heavy (non-hydrogen) atoms. The summed E-state index contributed by atoms with van der Waals surface area (Å²) < 4.78 is 8.02. The Morgan fingerprint density at radius 3 is 2.76 bits per heavy atom. The number of rotatable bonds is 6. The Morgan fingerprint density at radius 2 is 2.00 bits per heavy atom. The fourth-order valence-corrected chi connectivity index (χ4v) is 3.35. The van der Waals surface area contributed by atoms with Crippen molar-refractivity contribution < 1.29 is 9.84 Å². The molecule has 0 saturated heterocycles. The minimum absolute atomic E-state index is 0.278. The van der Waals surface area contributed by atoms with Crippen molar-refractivity contribution in [2.24, 2.45) is 0 Å². The zero-order chi connectivity index (χ0) is 17.4. The maximum absolute atomic E-state index is 10.5. The highest BCUT2D eigenvalue weighted by atomic mass is 16.5. The number of aliphatic hydroxyl groups excluding tert-OH is 1. The van der Waals surface area contributed by atoms with Crippen LogP contribution in [0.15, 0.2) is 42.5 Å². The van der Waals surface area contributed by atoms with Gasteiger partial charge in [-0.2, -0.15) is 0 Å². The molecule has 0 aliphatic heterocycles. The molecular weight excluding hydrogens is 312 g/mol. The highest BCUT2D eigenvalue weighted by Crippen LogP contribution is 2.40. The average Bonchev–Trinajstić information content (AvgIpc) is 3.37. The van der Waals surface area contributed by atoms with E-state index >= 15 is 0 Å². The first-order valence-electron chi connectivity index (χ1n) is 8.95. The SMILES string of the molecule is Cc1ccc(OCC(O)Cn2c(C3CC3)nc3ccccc32)c(C)c1. The third kappa shape index (κ3) is 3.40. The van der Waals surface area contributed by atoms with Crippen LogP contribution >= 0.6 is 0 Å². The Kier molecular flexibility index (Phi) is 4.22. The summed E-state index contributed by atoms with van der Waals surface area (Å²) >= 11 is 0. The molecule has 1 N–H and O–H groups in total. The minimum atomic E-state index is -0.573. The van der Waals surface area contributed by atoms with Crippen LogP contribution in [-0.4, -0.2) is 27.4 Å². The van der Waals surface area contributed by atoms with Crippen LogP contribution < -0.4 is 4.74 Å². The molecule has 0 radical (unpaired) electrons. The summed E-state index contributed by atoms with van der Waals surface area (Å²) in [5, 5.41) is 10.5. The third-order valence-electron chi connectivity index (χ3n) is 4.78. The number of hydrogen-bond acceptors (Lipinski definition) is 3. The van der Waals surface area contributed by atoms with Crippen molar-refractivity contribution in [3.63, 3.8) is 0 Å². The lowest BCUT2D eigenvalue weighted by atomic mass is 10.1. The lowest BCUT2D eigenvalue weighted by Crippen LogP contribution is -2.24. The molecule has 1 saturated carbocycles. The Balaban J connectivity index is 1.50. The van der Waals surface area contributed by atoms with Gasteiger partial charge < -0.3 is 14.4 Å². The number of benzene rings is 2. The number of aliphatic hydroxyl groups is 1. The number of aryl methyl sites for hydroxylation is 2. The molecule has 1 aliphatic carbocycles. The monoisotopic (exact) mass is 336 g/mol. The van der Waals surface area contributed by atoms with Crippen LogP contribution in [0.5, 0.6) is 5.75 Å². The molecule has 0 bridgehead atoms. The van der Waals surface area contributed by atoms with E-state index in [2.05, 4.69) is 23.6 Å². The normalized spacial score (nSPS) is 15.5. The van der Waals surface area contributed by atoms with Gasteiger partial charge in [-0.3, -0.25) is 0 Å². The first-order chi connectivity index (χ1) is 12.1. The Labute approximate surface area is 148 Å². The van der Waals surface area contributed by atoms with E-state index in [9.17, 15) is 5.11 Å². The second-order valence-corrected chi connectivity index (χ2v) is 7.08. The third-order valence-corrected chi connectivity index (χ3v) is 4.78. The Hall–Kier alpha value is -2.33. The molecule has 3 aromatic rings. The molecule has 0 spiro atoms. The molecule has 1 unspecified atom stereocenters. The fraction of sp³-hybridized carbons (Fsp3) is 0.381. The first kappa shape index (κ1) is 16.2. The van der Waals surface area contributed by atoms with E-state index in [0.29, 0.717) is 12.5 Å². The summed E-state index contributed by atoms with van der Waals surface area (Å²) in [6.45, 7) is 4.89. The van der Waals surface area contributed by atoms with Crippen LogP contribution in [0.2, 0.25) is 0 Å². The van der Waals surface area contributed by atoms with E-state index in [0.717, 1.165) is 28.2 Å². The van der Waals surface area contributed by atoms with Gasteiger partial charge in [0.05, 0.1) is 17.6 Å². The summed E-state index contributed by atoms with van der Waals surface area (Å²) in [5.41, 5.74) is 4.41. The summed E-state index contributed by atoms with van der Waals surface area (Å²) in [6.07, 6.45) is 1.81. The van der Waals surface area contributed by atoms with Crippen LogP contribution in [0, 0.1) is 13.8 Å². The molecule has 130 valence electrons. The largest absolute Gasteiger partial charge is 0.491 e. The smallest absolute Gasteiger partial charge is 0.122 e. The second kappa shape index (κ2) is 6.52. The number of nitrogens with zero attached hydrogens (tertiary/aromatic N) is 2. The molecule has 1 aromatic heterocycles. The van der Waals surface area contributed by atoms with E-state index in [4.69, 9.17) is 9.72 Å². The standard InChI is InChI=1S/C21H24N2O2/c1-14-7-10-20(15(2)11-14)25-13-17(24)12-23-19-6-4-3-5-18(19)22-21(23)16-8-9-16/h3-7,10-11,16-17,24H,8-9,12-13H2,1-2H3. The predicted octanol–water partition coefficient (Wildman–Crippen LogP) is 3.97. The molecule has 4 nitrogen and oxygen atoms in total. The lowest BCUT2D eigenvalue weighted by Gasteiger charge is -2.16. The molecule has 1 atom stereocenters. The van der Waals surface area contributed by atoms with Gasteiger partial charge in [0.15, 0.2) is 0 Å². The Bertz CT molecular complexity index is 896. The maximum atomic E-state index is 10.5.